The fourth-order valence-electron chi connectivity index (χ4n) is 4.05. The number of nitrogens with zero attached hydrogens (tertiary/aromatic N) is 4. The molecule has 1 atom stereocenters. The van der Waals surface area contributed by atoms with Crippen LogP contribution in [0.1, 0.15) is 39.8 Å². The van der Waals surface area contributed by atoms with Crippen LogP contribution >= 0.6 is 11.3 Å². The summed E-state index contributed by atoms with van der Waals surface area (Å²) < 4.78 is 5.55. The van der Waals surface area contributed by atoms with Gasteiger partial charge in [0.2, 0.25) is 0 Å². The van der Waals surface area contributed by atoms with Crippen molar-refractivity contribution in [2.45, 2.75) is 25.7 Å². The third kappa shape index (κ3) is 4.01. The molecule has 0 saturated carbocycles. The van der Waals surface area contributed by atoms with Crippen molar-refractivity contribution in [1.29, 1.82) is 0 Å². The summed E-state index contributed by atoms with van der Waals surface area (Å²) in [6.45, 7) is 3.29. The summed E-state index contributed by atoms with van der Waals surface area (Å²) in [6.07, 6.45) is 3.71. The molecule has 1 saturated heterocycles. The van der Waals surface area contributed by atoms with E-state index in [1.807, 2.05) is 71.9 Å². The van der Waals surface area contributed by atoms with Crippen LogP contribution in [0.15, 0.2) is 64.6 Å². The van der Waals surface area contributed by atoms with Crippen LogP contribution in [-0.2, 0) is 0 Å². The van der Waals surface area contributed by atoms with Gasteiger partial charge in [-0.25, -0.2) is 9.97 Å². The highest BCUT2D eigenvalue weighted by Crippen LogP contribution is 2.35. The van der Waals surface area contributed by atoms with Gasteiger partial charge < -0.3 is 9.42 Å². The molecule has 4 heterocycles. The van der Waals surface area contributed by atoms with Gasteiger partial charge in [-0.05, 0) is 31.2 Å². The number of aryl methyl sites for hydroxylation is 1. The van der Waals surface area contributed by atoms with Crippen LogP contribution in [0.25, 0.3) is 22.7 Å². The van der Waals surface area contributed by atoms with Crippen molar-refractivity contribution in [2.24, 2.45) is 0 Å². The Morgan fingerprint density at radius 3 is 2.81 bits per heavy atom. The van der Waals surface area contributed by atoms with E-state index in [9.17, 15) is 4.79 Å². The fourth-order valence-corrected chi connectivity index (χ4v) is 4.74. The first-order valence-corrected chi connectivity index (χ1v) is 11.3. The zero-order valence-corrected chi connectivity index (χ0v) is 18.0. The molecule has 1 aromatic carbocycles. The van der Waals surface area contributed by atoms with Gasteiger partial charge in [0.1, 0.15) is 0 Å². The van der Waals surface area contributed by atoms with Crippen molar-refractivity contribution in [1.82, 2.24) is 20.0 Å². The van der Waals surface area contributed by atoms with Crippen LogP contribution in [0.3, 0.4) is 0 Å². The Morgan fingerprint density at radius 1 is 1.19 bits per heavy atom. The minimum atomic E-state index is 0.0918. The zero-order chi connectivity index (χ0) is 21.2. The standard InChI is InChI=1S/C24H22N4O2S/c1-16-13-20(30-27-16)19-14-25-23(17-7-3-2-4-8-17)26-22(19)18-9-5-11-28(15-18)24(29)21-10-6-12-31-21/h2-4,6-8,10,12-14,18H,5,9,11,15H2,1H3. The third-order valence-electron chi connectivity index (χ3n) is 5.57. The van der Waals surface area contributed by atoms with Crippen molar-refractivity contribution < 1.29 is 9.32 Å². The number of likely N-dealkylation sites (tertiary alicyclic amines) is 1. The summed E-state index contributed by atoms with van der Waals surface area (Å²) >= 11 is 1.48. The van der Waals surface area contributed by atoms with Gasteiger partial charge in [0.15, 0.2) is 11.6 Å². The molecule has 6 nitrogen and oxygen atoms in total. The molecule has 0 N–H and O–H groups in total. The molecule has 31 heavy (non-hydrogen) atoms. The van der Waals surface area contributed by atoms with Gasteiger partial charge in [0.05, 0.1) is 21.8 Å². The van der Waals surface area contributed by atoms with Gasteiger partial charge in [0.25, 0.3) is 5.91 Å². The average Bonchev–Trinajstić information content (AvgIpc) is 3.51. The molecule has 1 aliphatic rings. The Hall–Kier alpha value is -3.32. The van der Waals surface area contributed by atoms with E-state index < -0.39 is 0 Å². The van der Waals surface area contributed by atoms with Gasteiger partial charge in [-0.15, -0.1) is 11.3 Å². The minimum Gasteiger partial charge on any atom is -0.356 e. The Labute approximate surface area is 184 Å². The molecule has 0 radical (unpaired) electrons. The van der Waals surface area contributed by atoms with E-state index >= 15 is 0 Å². The smallest absolute Gasteiger partial charge is 0.263 e. The second-order valence-electron chi connectivity index (χ2n) is 7.76. The van der Waals surface area contributed by atoms with Gasteiger partial charge in [0, 0.05) is 36.8 Å². The van der Waals surface area contributed by atoms with E-state index in [-0.39, 0.29) is 11.8 Å². The van der Waals surface area contributed by atoms with Gasteiger partial charge in [-0.2, -0.15) is 0 Å². The first kappa shape index (κ1) is 19.6. The molecule has 7 heteroatoms. The number of hydrogen-bond acceptors (Lipinski definition) is 6. The second kappa shape index (κ2) is 8.43. The summed E-state index contributed by atoms with van der Waals surface area (Å²) in [7, 11) is 0. The lowest BCUT2D eigenvalue weighted by Crippen LogP contribution is -2.39. The first-order valence-electron chi connectivity index (χ1n) is 10.4. The van der Waals surface area contributed by atoms with E-state index in [1.54, 1.807) is 0 Å². The third-order valence-corrected chi connectivity index (χ3v) is 6.43. The Morgan fingerprint density at radius 2 is 2.06 bits per heavy atom. The molecule has 0 spiro atoms. The van der Waals surface area contributed by atoms with Gasteiger partial charge >= 0.3 is 0 Å². The van der Waals surface area contributed by atoms with Crippen molar-refractivity contribution in [3.63, 3.8) is 0 Å². The summed E-state index contributed by atoms with van der Waals surface area (Å²) in [6, 6.07) is 15.7. The molecular weight excluding hydrogens is 408 g/mol. The number of aromatic nitrogens is 3. The molecule has 0 bridgehead atoms. The Kier molecular flexibility index (Phi) is 5.34. The summed E-state index contributed by atoms with van der Waals surface area (Å²) in [4.78, 5) is 25.3. The average molecular weight is 431 g/mol. The maximum Gasteiger partial charge on any atom is 0.263 e. The van der Waals surface area contributed by atoms with Crippen LogP contribution in [-0.4, -0.2) is 39.0 Å². The van der Waals surface area contributed by atoms with E-state index in [1.165, 1.54) is 11.3 Å². The number of piperidine rings is 1. The molecule has 3 aromatic heterocycles. The molecule has 1 aliphatic heterocycles. The highest BCUT2D eigenvalue weighted by Gasteiger charge is 2.30. The molecule has 5 rings (SSSR count). The van der Waals surface area contributed by atoms with E-state index in [2.05, 4.69) is 10.1 Å². The van der Waals surface area contributed by atoms with Crippen molar-refractivity contribution >= 4 is 17.2 Å². The molecule has 156 valence electrons. The van der Waals surface area contributed by atoms with Crippen molar-refractivity contribution in [3.8, 4) is 22.7 Å². The molecule has 1 fully saturated rings. The largest absolute Gasteiger partial charge is 0.356 e. The van der Waals surface area contributed by atoms with Gasteiger partial charge in [-0.1, -0.05) is 41.6 Å². The number of hydrogen-bond donors (Lipinski definition) is 0. The quantitative estimate of drug-likeness (QED) is 0.446. The predicted octanol–water partition coefficient (Wildman–Crippen LogP) is 5.19. The number of amides is 1. The Balaban J connectivity index is 1.53. The summed E-state index contributed by atoms with van der Waals surface area (Å²) in [5.41, 5.74) is 3.53. The van der Waals surface area contributed by atoms with Crippen molar-refractivity contribution in [2.75, 3.05) is 13.1 Å². The SMILES string of the molecule is Cc1cc(-c2cnc(-c3ccccc3)nc2C2CCCN(C(=O)c3cccs3)C2)on1. The molecule has 0 aliphatic carbocycles. The summed E-state index contributed by atoms with van der Waals surface area (Å²) in [5, 5.41) is 5.98. The lowest BCUT2D eigenvalue weighted by Gasteiger charge is -2.33. The van der Waals surface area contributed by atoms with Crippen LogP contribution < -0.4 is 0 Å². The molecular formula is C24H22N4O2S. The number of thiophene rings is 1. The topological polar surface area (TPSA) is 72.1 Å². The van der Waals surface area contributed by atoms with Crippen LogP contribution in [0, 0.1) is 6.92 Å². The minimum absolute atomic E-state index is 0.0918. The predicted molar refractivity (Wildman–Crippen MR) is 120 cm³/mol. The molecule has 1 unspecified atom stereocenters. The van der Waals surface area contributed by atoms with Crippen LogP contribution in [0.2, 0.25) is 0 Å². The maximum absolute atomic E-state index is 13.0. The number of carbonyl (C=O) groups is 1. The fraction of sp³-hybridized carbons (Fsp3) is 0.250. The van der Waals surface area contributed by atoms with Crippen LogP contribution in [0.4, 0.5) is 0 Å². The lowest BCUT2D eigenvalue weighted by molar-refractivity contribution is 0.0711. The Bertz CT molecular complexity index is 1190. The number of benzene rings is 1. The molecule has 4 aromatic rings. The normalized spacial score (nSPS) is 16.4. The molecule has 1 amide bonds. The van der Waals surface area contributed by atoms with E-state index in [0.717, 1.165) is 46.8 Å². The summed E-state index contributed by atoms with van der Waals surface area (Å²) in [5.74, 6) is 1.53. The first-order chi connectivity index (χ1) is 15.2. The number of rotatable bonds is 4. The maximum atomic E-state index is 13.0. The van der Waals surface area contributed by atoms with E-state index in [0.29, 0.717) is 18.1 Å². The van der Waals surface area contributed by atoms with Crippen molar-refractivity contribution in [3.05, 3.63) is 76.4 Å². The lowest BCUT2D eigenvalue weighted by atomic mass is 9.91. The zero-order valence-electron chi connectivity index (χ0n) is 17.2. The highest BCUT2D eigenvalue weighted by molar-refractivity contribution is 7.12. The van der Waals surface area contributed by atoms with Crippen LogP contribution in [0.5, 0.6) is 0 Å². The van der Waals surface area contributed by atoms with Gasteiger partial charge in [-0.3, -0.25) is 4.79 Å². The highest BCUT2D eigenvalue weighted by atomic mass is 32.1. The monoisotopic (exact) mass is 430 g/mol. The number of carbonyl (C=O) groups excluding carboxylic acids is 1. The van der Waals surface area contributed by atoms with E-state index in [4.69, 9.17) is 9.51 Å². The second-order valence-corrected chi connectivity index (χ2v) is 8.71.